The Labute approximate surface area is 188 Å². The molecule has 0 bridgehead atoms. The Kier molecular flexibility index (Phi) is 8.80. The summed E-state index contributed by atoms with van der Waals surface area (Å²) in [6.07, 6.45) is 7.81. The van der Waals surface area contributed by atoms with Crippen molar-refractivity contribution in [3.05, 3.63) is 56.5 Å². The van der Waals surface area contributed by atoms with Gasteiger partial charge in [-0.3, -0.25) is 0 Å². The average Bonchev–Trinajstić information content (AvgIpc) is 2.97. The molecule has 0 aromatic heterocycles. The molecule has 0 radical (unpaired) electrons. The molecule has 3 nitrogen and oxygen atoms in total. The number of hydrogen-bond donors (Lipinski definition) is 1. The highest BCUT2D eigenvalue weighted by molar-refractivity contribution is 6.42. The van der Waals surface area contributed by atoms with Crippen LogP contribution in [0.3, 0.4) is 0 Å². The van der Waals surface area contributed by atoms with E-state index in [-0.39, 0.29) is 0 Å². The van der Waals surface area contributed by atoms with E-state index in [1.165, 1.54) is 38.5 Å². The van der Waals surface area contributed by atoms with E-state index in [1.807, 2.05) is 25.1 Å². The summed E-state index contributed by atoms with van der Waals surface area (Å²) in [6.45, 7) is 3.60. The first kappa shape index (κ1) is 22.6. The number of benzene rings is 2. The molecule has 1 aliphatic rings. The molecule has 0 spiro atoms. The summed E-state index contributed by atoms with van der Waals surface area (Å²) in [5.74, 6) is 1.22. The van der Waals surface area contributed by atoms with E-state index in [0.717, 1.165) is 17.7 Å². The second-order valence-corrected chi connectivity index (χ2v) is 8.67. The van der Waals surface area contributed by atoms with E-state index in [9.17, 15) is 0 Å². The molecule has 3 rings (SSSR count). The Hall–Kier alpha value is -1.13. The second kappa shape index (κ2) is 11.3. The summed E-state index contributed by atoms with van der Waals surface area (Å²) < 4.78 is 11.8. The molecule has 1 aliphatic carbocycles. The zero-order valence-electron chi connectivity index (χ0n) is 16.8. The molecule has 1 fully saturated rings. The summed E-state index contributed by atoms with van der Waals surface area (Å²) >= 11 is 18.6. The van der Waals surface area contributed by atoms with Gasteiger partial charge in [-0.25, -0.2) is 0 Å². The molecule has 29 heavy (non-hydrogen) atoms. The van der Waals surface area contributed by atoms with Crippen LogP contribution in [-0.4, -0.2) is 12.6 Å². The van der Waals surface area contributed by atoms with Crippen LogP contribution >= 0.6 is 34.8 Å². The number of nitrogens with one attached hydrogen (secondary N) is 1. The summed E-state index contributed by atoms with van der Waals surface area (Å²) in [5, 5.41) is 5.26. The fourth-order valence-corrected chi connectivity index (χ4v) is 4.27. The lowest BCUT2D eigenvalue weighted by molar-refractivity contribution is 0.269. The van der Waals surface area contributed by atoms with E-state index in [4.69, 9.17) is 44.3 Å². The molecular formula is C23H28Cl3NO2. The lowest BCUT2D eigenvalue weighted by Crippen LogP contribution is -2.27. The van der Waals surface area contributed by atoms with Crippen molar-refractivity contribution >= 4 is 34.8 Å². The monoisotopic (exact) mass is 455 g/mol. The third kappa shape index (κ3) is 6.68. The third-order valence-corrected chi connectivity index (χ3v) is 6.21. The first-order valence-electron chi connectivity index (χ1n) is 10.3. The highest BCUT2D eigenvalue weighted by atomic mass is 35.5. The van der Waals surface area contributed by atoms with Crippen LogP contribution in [0, 0.1) is 0 Å². The minimum absolute atomic E-state index is 0.330. The van der Waals surface area contributed by atoms with Gasteiger partial charge in [0.2, 0.25) is 0 Å². The van der Waals surface area contributed by atoms with Gasteiger partial charge < -0.3 is 14.8 Å². The molecule has 0 atom stereocenters. The Morgan fingerprint density at radius 3 is 2.28 bits per heavy atom. The second-order valence-electron chi connectivity index (χ2n) is 7.44. The van der Waals surface area contributed by atoms with Crippen molar-refractivity contribution in [2.75, 3.05) is 6.61 Å². The molecule has 1 N–H and O–H groups in total. The topological polar surface area (TPSA) is 30.5 Å². The largest absolute Gasteiger partial charge is 0.490 e. The Bertz CT molecular complexity index is 805. The van der Waals surface area contributed by atoms with Crippen LogP contribution in [0.4, 0.5) is 0 Å². The third-order valence-electron chi connectivity index (χ3n) is 5.19. The van der Waals surface area contributed by atoms with Crippen LogP contribution in [0.5, 0.6) is 11.5 Å². The van der Waals surface area contributed by atoms with Gasteiger partial charge in [0.15, 0.2) is 11.5 Å². The molecule has 0 heterocycles. The molecule has 0 aliphatic heterocycles. The van der Waals surface area contributed by atoms with Crippen LogP contribution in [0.15, 0.2) is 30.3 Å². The summed E-state index contributed by atoms with van der Waals surface area (Å²) in [7, 11) is 0. The number of ether oxygens (including phenoxy) is 2. The van der Waals surface area contributed by atoms with Crippen LogP contribution in [0.25, 0.3) is 0 Å². The lowest BCUT2D eigenvalue weighted by Gasteiger charge is -2.18. The van der Waals surface area contributed by atoms with Crippen molar-refractivity contribution in [2.45, 2.75) is 64.6 Å². The molecule has 0 unspecified atom stereocenters. The molecule has 1 saturated carbocycles. The Balaban J connectivity index is 1.68. The predicted octanol–water partition coefficient (Wildman–Crippen LogP) is 7.44. The average molecular weight is 457 g/mol. The molecule has 0 amide bonds. The Morgan fingerprint density at radius 1 is 0.862 bits per heavy atom. The van der Waals surface area contributed by atoms with Crippen molar-refractivity contribution < 1.29 is 9.47 Å². The van der Waals surface area contributed by atoms with Crippen molar-refractivity contribution in [1.29, 1.82) is 0 Å². The standard InChI is InChI=1S/C23H28Cl3NO2/c1-2-28-22-13-17(14-27-18-7-5-3-4-6-8-18)12-21(26)23(22)29-15-16-9-10-19(24)20(25)11-16/h9-13,18,27H,2-8,14-15H2,1H3. The fourth-order valence-electron chi connectivity index (χ4n) is 3.66. The van der Waals surface area contributed by atoms with E-state index in [0.29, 0.717) is 45.8 Å². The van der Waals surface area contributed by atoms with Crippen molar-refractivity contribution in [3.63, 3.8) is 0 Å². The summed E-state index contributed by atoms with van der Waals surface area (Å²) in [4.78, 5) is 0. The van der Waals surface area contributed by atoms with Gasteiger partial charge in [-0.15, -0.1) is 0 Å². The smallest absolute Gasteiger partial charge is 0.180 e. The van der Waals surface area contributed by atoms with Crippen molar-refractivity contribution in [1.82, 2.24) is 5.32 Å². The minimum Gasteiger partial charge on any atom is -0.490 e. The maximum atomic E-state index is 6.56. The van der Waals surface area contributed by atoms with Gasteiger partial charge in [0.1, 0.15) is 6.61 Å². The predicted molar refractivity (Wildman–Crippen MR) is 122 cm³/mol. The zero-order chi connectivity index (χ0) is 20.6. The molecular weight excluding hydrogens is 429 g/mol. The molecule has 6 heteroatoms. The Morgan fingerprint density at radius 2 is 1.59 bits per heavy atom. The van der Waals surface area contributed by atoms with Gasteiger partial charge in [-0.2, -0.15) is 0 Å². The molecule has 2 aromatic rings. The van der Waals surface area contributed by atoms with E-state index in [2.05, 4.69) is 5.32 Å². The molecule has 2 aromatic carbocycles. The normalized spacial score (nSPS) is 15.2. The van der Waals surface area contributed by atoms with Crippen LogP contribution < -0.4 is 14.8 Å². The number of halogens is 3. The first-order valence-corrected chi connectivity index (χ1v) is 11.5. The fraction of sp³-hybridized carbons (Fsp3) is 0.478. The van der Waals surface area contributed by atoms with Gasteiger partial charge >= 0.3 is 0 Å². The highest BCUT2D eigenvalue weighted by Gasteiger charge is 2.15. The minimum atomic E-state index is 0.330. The SMILES string of the molecule is CCOc1cc(CNC2CCCCCC2)cc(Cl)c1OCc1ccc(Cl)c(Cl)c1. The highest BCUT2D eigenvalue weighted by Crippen LogP contribution is 2.37. The van der Waals surface area contributed by atoms with Gasteiger partial charge in [-0.1, -0.05) is 66.6 Å². The molecule has 158 valence electrons. The first-order chi connectivity index (χ1) is 14.1. The summed E-state index contributed by atoms with van der Waals surface area (Å²) in [5.41, 5.74) is 2.02. The van der Waals surface area contributed by atoms with Crippen LogP contribution in [0.2, 0.25) is 15.1 Å². The maximum Gasteiger partial charge on any atom is 0.180 e. The maximum absolute atomic E-state index is 6.56. The van der Waals surface area contributed by atoms with E-state index < -0.39 is 0 Å². The van der Waals surface area contributed by atoms with Gasteiger partial charge in [-0.05, 0) is 55.2 Å². The molecule has 0 saturated heterocycles. The van der Waals surface area contributed by atoms with Gasteiger partial charge in [0, 0.05) is 12.6 Å². The van der Waals surface area contributed by atoms with E-state index in [1.54, 1.807) is 12.1 Å². The zero-order valence-corrected chi connectivity index (χ0v) is 19.0. The van der Waals surface area contributed by atoms with Crippen LogP contribution in [0.1, 0.15) is 56.6 Å². The van der Waals surface area contributed by atoms with Crippen molar-refractivity contribution in [2.24, 2.45) is 0 Å². The number of rotatable bonds is 8. The van der Waals surface area contributed by atoms with Gasteiger partial charge in [0.25, 0.3) is 0 Å². The summed E-state index contributed by atoms with van der Waals surface area (Å²) in [6, 6.07) is 9.99. The van der Waals surface area contributed by atoms with E-state index >= 15 is 0 Å². The van der Waals surface area contributed by atoms with Gasteiger partial charge in [0.05, 0.1) is 21.7 Å². The quantitative estimate of drug-likeness (QED) is 0.419. The van der Waals surface area contributed by atoms with Crippen LogP contribution in [-0.2, 0) is 13.2 Å². The lowest BCUT2D eigenvalue weighted by atomic mass is 10.1. The number of hydrogen-bond acceptors (Lipinski definition) is 3. The van der Waals surface area contributed by atoms with Crippen molar-refractivity contribution in [3.8, 4) is 11.5 Å².